The summed E-state index contributed by atoms with van der Waals surface area (Å²) in [6.45, 7) is 8.35. The van der Waals surface area contributed by atoms with E-state index in [0.717, 1.165) is 17.6 Å². The molecule has 0 heterocycles. The fourth-order valence-corrected chi connectivity index (χ4v) is 1.43. The van der Waals surface area contributed by atoms with E-state index in [0.29, 0.717) is 5.92 Å². The van der Waals surface area contributed by atoms with E-state index in [1.165, 1.54) is 5.57 Å². The number of hydrogen-bond acceptors (Lipinski definition) is 1. The highest BCUT2D eigenvalue weighted by Crippen LogP contribution is 2.19. The molecule has 0 unspecified atom stereocenters. The average Bonchev–Trinajstić information content (AvgIpc) is 2.12. The Balaban J connectivity index is 2.90. The van der Waals surface area contributed by atoms with Gasteiger partial charge in [0.1, 0.15) is 0 Å². The predicted molar refractivity (Wildman–Crippen MR) is 61.0 cm³/mol. The van der Waals surface area contributed by atoms with Crippen molar-refractivity contribution >= 4 is 0 Å². The SMILES string of the molecule is C=C1C=CC(C(C)C)=CCC=C1CO. The van der Waals surface area contributed by atoms with Crippen LogP contribution in [0.1, 0.15) is 20.3 Å². The topological polar surface area (TPSA) is 20.2 Å². The third kappa shape index (κ3) is 2.71. The molecule has 0 amide bonds. The number of aliphatic hydroxyl groups is 1. The van der Waals surface area contributed by atoms with Gasteiger partial charge in [0.2, 0.25) is 0 Å². The number of aliphatic hydroxyl groups excluding tert-OH is 1. The monoisotopic (exact) mass is 190 g/mol. The molecule has 0 aromatic carbocycles. The molecular weight excluding hydrogens is 172 g/mol. The van der Waals surface area contributed by atoms with Crippen molar-refractivity contribution < 1.29 is 5.11 Å². The minimum absolute atomic E-state index is 0.0774. The molecule has 14 heavy (non-hydrogen) atoms. The van der Waals surface area contributed by atoms with Gasteiger partial charge in [-0.25, -0.2) is 0 Å². The lowest BCUT2D eigenvalue weighted by atomic mass is 9.96. The van der Waals surface area contributed by atoms with Crippen molar-refractivity contribution in [3.05, 3.63) is 47.6 Å². The van der Waals surface area contributed by atoms with Gasteiger partial charge in [0.15, 0.2) is 0 Å². The van der Waals surface area contributed by atoms with Gasteiger partial charge in [-0.05, 0) is 29.1 Å². The van der Waals surface area contributed by atoms with Crippen molar-refractivity contribution in [3.63, 3.8) is 0 Å². The smallest absolute Gasteiger partial charge is 0.0684 e. The van der Waals surface area contributed by atoms with Crippen LogP contribution in [0, 0.1) is 5.92 Å². The predicted octanol–water partition coefficient (Wildman–Crippen LogP) is 3.00. The number of allylic oxidation sites excluding steroid dienone is 5. The Morgan fingerprint density at radius 3 is 2.64 bits per heavy atom. The molecule has 1 heteroatoms. The first-order chi connectivity index (χ1) is 6.65. The fourth-order valence-electron chi connectivity index (χ4n) is 1.43. The Morgan fingerprint density at radius 1 is 1.36 bits per heavy atom. The molecule has 1 rings (SSSR count). The second kappa shape index (κ2) is 4.97. The van der Waals surface area contributed by atoms with Crippen LogP contribution in [-0.2, 0) is 0 Å². The number of hydrogen-bond donors (Lipinski definition) is 1. The summed E-state index contributed by atoms with van der Waals surface area (Å²) >= 11 is 0. The zero-order valence-corrected chi connectivity index (χ0v) is 8.96. The first-order valence-corrected chi connectivity index (χ1v) is 5.02. The minimum Gasteiger partial charge on any atom is -0.392 e. The maximum absolute atomic E-state index is 9.07. The molecule has 1 N–H and O–H groups in total. The molecule has 1 aliphatic rings. The van der Waals surface area contributed by atoms with Gasteiger partial charge < -0.3 is 5.11 Å². The molecule has 0 aromatic rings. The van der Waals surface area contributed by atoms with Crippen molar-refractivity contribution in [2.45, 2.75) is 20.3 Å². The second-order valence-electron chi connectivity index (χ2n) is 3.84. The minimum atomic E-state index is 0.0774. The van der Waals surface area contributed by atoms with E-state index in [-0.39, 0.29) is 6.61 Å². The van der Waals surface area contributed by atoms with Crippen LogP contribution in [0.15, 0.2) is 47.6 Å². The highest BCUT2D eigenvalue weighted by Gasteiger charge is 2.03. The van der Waals surface area contributed by atoms with Crippen molar-refractivity contribution in [1.29, 1.82) is 0 Å². The van der Waals surface area contributed by atoms with Crippen LogP contribution < -0.4 is 0 Å². The Kier molecular flexibility index (Phi) is 3.90. The van der Waals surface area contributed by atoms with Gasteiger partial charge in [0.25, 0.3) is 0 Å². The summed E-state index contributed by atoms with van der Waals surface area (Å²) in [6, 6.07) is 0. The molecule has 0 bridgehead atoms. The summed E-state index contributed by atoms with van der Waals surface area (Å²) in [5.74, 6) is 0.545. The van der Waals surface area contributed by atoms with Crippen LogP contribution in [0.3, 0.4) is 0 Å². The Labute approximate surface area is 86.1 Å². The third-order valence-corrected chi connectivity index (χ3v) is 2.44. The molecule has 0 fully saturated rings. The van der Waals surface area contributed by atoms with E-state index in [2.05, 4.69) is 32.6 Å². The summed E-state index contributed by atoms with van der Waals surface area (Å²) in [5.41, 5.74) is 3.18. The standard InChI is InChI=1S/C13H18O/c1-10(2)12-5-4-6-13(9-14)11(3)7-8-12/h5-8,10,14H,3-4,9H2,1-2H3. The van der Waals surface area contributed by atoms with E-state index in [1.807, 2.05) is 12.2 Å². The number of rotatable bonds is 2. The molecule has 1 nitrogen and oxygen atoms in total. The van der Waals surface area contributed by atoms with Gasteiger partial charge in [-0.3, -0.25) is 0 Å². The zero-order valence-electron chi connectivity index (χ0n) is 8.96. The highest BCUT2D eigenvalue weighted by molar-refractivity contribution is 5.42. The quantitative estimate of drug-likeness (QED) is 0.709. The van der Waals surface area contributed by atoms with E-state index in [1.54, 1.807) is 0 Å². The lowest BCUT2D eigenvalue weighted by Gasteiger charge is -2.10. The molecule has 0 aliphatic heterocycles. The zero-order chi connectivity index (χ0) is 10.6. The molecule has 0 spiro atoms. The average molecular weight is 190 g/mol. The van der Waals surface area contributed by atoms with Gasteiger partial charge in [-0.2, -0.15) is 0 Å². The van der Waals surface area contributed by atoms with Crippen molar-refractivity contribution in [1.82, 2.24) is 0 Å². The maximum atomic E-state index is 9.07. The van der Waals surface area contributed by atoms with Gasteiger partial charge in [0, 0.05) is 0 Å². The lowest BCUT2D eigenvalue weighted by Crippen LogP contribution is -1.97. The van der Waals surface area contributed by atoms with Crippen LogP contribution in [-0.4, -0.2) is 11.7 Å². The summed E-state index contributed by atoms with van der Waals surface area (Å²) in [6.07, 6.45) is 9.19. The molecule has 1 aliphatic carbocycles. The van der Waals surface area contributed by atoms with Crippen LogP contribution in [0.2, 0.25) is 0 Å². The van der Waals surface area contributed by atoms with Crippen molar-refractivity contribution in [2.24, 2.45) is 5.92 Å². The second-order valence-corrected chi connectivity index (χ2v) is 3.84. The fraction of sp³-hybridized carbons (Fsp3) is 0.385. The molecule has 0 saturated heterocycles. The normalized spacial score (nSPS) is 17.6. The Morgan fingerprint density at radius 2 is 2.07 bits per heavy atom. The molecule has 76 valence electrons. The molecule has 0 atom stereocenters. The molecular formula is C13H18O. The van der Waals surface area contributed by atoms with Crippen molar-refractivity contribution in [2.75, 3.05) is 6.61 Å². The van der Waals surface area contributed by atoms with Crippen LogP contribution in [0.25, 0.3) is 0 Å². The van der Waals surface area contributed by atoms with E-state index in [9.17, 15) is 0 Å². The molecule has 0 saturated carbocycles. The van der Waals surface area contributed by atoms with Crippen LogP contribution in [0.5, 0.6) is 0 Å². The van der Waals surface area contributed by atoms with Gasteiger partial charge in [0.05, 0.1) is 6.61 Å². The van der Waals surface area contributed by atoms with E-state index in [4.69, 9.17) is 5.11 Å². The maximum Gasteiger partial charge on any atom is 0.0684 e. The Bertz CT molecular complexity index is 303. The Hall–Kier alpha value is -1.08. The summed E-state index contributed by atoms with van der Waals surface area (Å²) in [4.78, 5) is 0. The van der Waals surface area contributed by atoms with Crippen molar-refractivity contribution in [3.8, 4) is 0 Å². The first-order valence-electron chi connectivity index (χ1n) is 5.02. The van der Waals surface area contributed by atoms with Crippen LogP contribution in [0.4, 0.5) is 0 Å². The van der Waals surface area contributed by atoms with E-state index < -0.39 is 0 Å². The summed E-state index contributed by atoms with van der Waals surface area (Å²) in [5, 5.41) is 9.07. The van der Waals surface area contributed by atoms with Gasteiger partial charge >= 0.3 is 0 Å². The van der Waals surface area contributed by atoms with Gasteiger partial charge in [-0.15, -0.1) is 0 Å². The van der Waals surface area contributed by atoms with E-state index >= 15 is 0 Å². The largest absolute Gasteiger partial charge is 0.392 e. The summed E-state index contributed by atoms with van der Waals surface area (Å²) in [7, 11) is 0. The molecule has 0 radical (unpaired) electrons. The first kappa shape index (κ1) is 11.0. The lowest BCUT2D eigenvalue weighted by molar-refractivity contribution is 0.333. The molecule has 0 aromatic heterocycles. The third-order valence-electron chi connectivity index (χ3n) is 2.44. The highest BCUT2D eigenvalue weighted by atomic mass is 16.3. The van der Waals surface area contributed by atoms with Gasteiger partial charge in [-0.1, -0.05) is 44.7 Å². The summed E-state index contributed by atoms with van der Waals surface area (Å²) < 4.78 is 0. The van der Waals surface area contributed by atoms with Crippen LogP contribution >= 0.6 is 0 Å².